The standard InChI is InChI=1S/C16H28N2O/c1-3-6-15(12-17-10-4-2)18(14-8-9-14)13-16-7-5-11-19-16/h5,7,11,14-15,17H,3-4,6,8-10,12-13H2,1-2H3. The van der Waals surface area contributed by atoms with Crippen LogP contribution in [0, 0.1) is 0 Å². The van der Waals surface area contributed by atoms with Gasteiger partial charge in [-0.25, -0.2) is 0 Å². The minimum Gasteiger partial charge on any atom is -0.468 e. The van der Waals surface area contributed by atoms with Crippen LogP contribution in [0.25, 0.3) is 0 Å². The van der Waals surface area contributed by atoms with Gasteiger partial charge in [0, 0.05) is 18.6 Å². The lowest BCUT2D eigenvalue weighted by Gasteiger charge is -2.31. The molecular weight excluding hydrogens is 236 g/mol. The van der Waals surface area contributed by atoms with Gasteiger partial charge >= 0.3 is 0 Å². The molecule has 0 amide bonds. The van der Waals surface area contributed by atoms with Gasteiger partial charge in [0.2, 0.25) is 0 Å². The molecule has 0 aromatic carbocycles. The highest BCUT2D eigenvalue weighted by atomic mass is 16.3. The van der Waals surface area contributed by atoms with Crippen molar-refractivity contribution in [1.82, 2.24) is 10.2 Å². The van der Waals surface area contributed by atoms with E-state index in [1.54, 1.807) is 6.26 Å². The molecule has 0 aliphatic heterocycles. The maximum atomic E-state index is 5.53. The number of nitrogens with one attached hydrogen (secondary N) is 1. The molecule has 1 unspecified atom stereocenters. The summed E-state index contributed by atoms with van der Waals surface area (Å²) in [6.45, 7) is 7.71. The molecule has 0 bridgehead atoms. The lowest BCUT2D eigenvalue weighted by Crippen LogP contribution is -2.43. The van der Waals surface area contributed by atoms with Crippen molar-refractivity contribution < 1.29 is 4.42 Å². The SMILES string of the molecule is CCCNCC(CCC)N(Cc1ccco1)C1CC1. The van der Waals surface area contributed by atoms with Gasteiger partial charge in [0.25, 0.3) is 0 Å². The summed E-state index contributed by atoms with van der Waals surface area (Å²) in [7, 11) is 0. The lowest BCUT2D eigenvalue weighted by atomic mass is 10.1. The molecule has 3 nitrogen and oxygen atoms in total. The first kappa shape index (κ1) is 14.6. The predicted molar refractivity (Wildman–Crippen MR) is 79.1 cm³/mol. The Bertz CT molecular complexity index is 333. The first-order valence-electron chi connectivity index (χ1n) is 7.84. The molecule has 1 fully saturated rings. The molecule has 1 atom stereocenters. The van der Waals surface area contributed by atoms with Crippen molar-refractivity contribution in [2.24, 2.45) is 0 Å². The fourth-order valence-corrected chi connectivity index (χ4v) is 2.71. The fourth-order valence-electron chi connectivity index (χ4n) is 2.71. The van der Waals surface area contributed by atoms with Crippen molar-refractivity contribution in [1.29, 1.82) is 0 Å². The Morgan fingerprint density at radius 2 is 2.21 bits per heavy atom. The highest BCUT2D eigenvalue weighted by Crippen LogP contribution is 2.31. The number of nitrogens with zero attached hydrogens (tertiary/aromatic N) is 1. The van der Waals surface area contributed by atoms with E-state index in [0.717, 1.165) is 31.4 Å². The Morgan fingerprint density at radius 3 is 2.79 bits per heavy atom. The molecule has 108 valence electrons. The molecule has 2 rings (SSSR count). The van der Waals surface area contributed by atoms with E-state index in [9.17, 15) is 0 Å². The largest absolute Gasteiger partial charge is 0.468 e. The summed E-state index contributed by atoms with van der Waals surface area (Å²) in [4.78, 5) is 2.66. The van der Waals surface area contributed by atoms with Gasteiger partial charge in [-0.3, -0.25) is 4.90 Å². The van der Waals surface area contributed by atoms with E-state index < -0.39 is 0 Å². The van der Waals surface area contributed by atoms with Gasteiger partial charge in [0.05, 0.1) is 12.8 Å². The molecule has 1 aliphatic rings. The van der Waals surface area contributed by atoms with Crippen molar-refractivity contribution in [3.05, 3.63) is 24.2 Å². The second kappa shape index (κ2) is 7.71. The summed E-state index contributed by atoms with van der Waals surface area (Å²) in [5, 5.41) is 3.59. The van der Waals surface area contributed by atoms with Crippen LogP contribution in [0.4, 0.5) is 0 Å². The third kappa shape index (κ3) is 4.66. The van der Waals surface area contributed by atoms with Crippen LogP contribution in [0.3, 0.4) is 0 Å². The second-order valence-electron chi connectivity index (χ2n) is 5.63. The van der Waals surface area contributed by atoms with Gasteiger partial charge in [-0.2, -0.15) is 0 Å². The summed E-state index contributed by atoms with van der Waals surface area (Å²) in [6.07, 6.45) is 8.22. The van der Waals surface area contributed by atoms with Gasteiger partial charge in [-0.1, -0.05) is 20.3 Å². The molecule has 19 heavy (non-hydrogen) atoms. The van der Waals surface area contributed by atoms with Crippen molar-refractivity contribution in [2.75, 3.05) is 13.1 Å². The van der Waals surface area contributed by atoms with Gasteiger partial charge < -0.3 is 9.73 Å². The van der Waals surface area contributed by atoms with E-state index >= 15 is 0 Å². The van der Waals surface area contributed by atoms with Crippen LogP contribution < -0.4 is 5.32 Å². The summed E-state index contributed by atoms with van der Waals surface area (Å²) >= 11 is 0. The third-order valence-electron chi connectivity index (χ3n) is 3.83. The third-order valence-corrected chi connectivity index (χ3v) is 3.83. The zero-order chi connectivity index (χ0) is 13.5. The Morgan fingerprint density at radius 1 is 1.37 bits per heavy atom. The average Bonchev–Trinajstić information content (AvgIpc) is 3.13. The van der Waals surface area contributed by atoms with E-state index in [1.807, 2.05) is 6.07 Å². The summed E-state index contributed by atoms with van der Waals surface area (Å²) in [5.41, 5.74) is 0. The van der Waals surface area contributed by atoms with Crippen molar-refractivity contribution in [3.63, 3.8) is 0 Å². The first-order valence-corrected chi connectivity index (χ1v) is 7.84. The van der Waals surface area contributed by atoms with Crippen LogP contribution in [0.15, 0.2) is 22.8 Å². The topological polar surface area (TPSA) is 28.4 Å². The Labute approximate surface area is 117 Å². The molecule has 1 aromatic rings. The number of furan rings is 1. The Hall–Kier alpha value is -0.800. The Kier molecular flexibility index (Phi) is 5.93. The van der Waals surface area contributed by atoms with Crippen molar-refractivity contribution in [2.45, 2.75) is 64.6 Å². The minimum atomic E-state index is 0.647. The number of hydrogen-bond acceptors (Lipinski definition) is 3. The van der Waals surface area contributed by atoms with Crippen molar-refractivity contribution in [3.8, 4) is 0 Å². The normalized spacial score (nSPS) is 17.0. The van der Waals surface area contributed by atoms with Gasteiger partial charge in [0.15, 0.2) is 0 Å². The number of rotatable bonds is 10. The van der Waals surface area contributed by atoms with Gasteiger partial charge in [-0.15, -0.1) is 0 Å². The van der Waals surface area contributed by atoms with Crippen LogP contribution in [0.2, 0.25) is 0 Å². The molecule has 0 saturated heterocycles. The molecule has 1 saturated carbocycles. The second-order valence-corrected chi connectivity index (χ2v) is 5.63. The maximum Gasteiger partial charge on any atom is 0.117 e. The highest BCUT2D eigenvalue weighted by Gasteiger charge is 2.33. The van der Waals surface area contributed by atoms with Gasteiger partial charge in [0.1, 0.15) is 5.76 Å². The molecule has 0 radical (unpaired) electrons. The highest BCUT2D eigenvalue weighted by molar-refractivity contribution is 5.01. The van der Waals surface area contributed by atoms with E-state index in [-0.39, 0.29) is 0 Å². The molecule has 1 N–H and O–H groups in total. The summed E-state index contributed by atoms with van der Waals surface area (Å²) in [6, 6.07) is 5.52. The van der Waals surface area contributed by atoms with Crippen LogP contribution >= 0.6 is 0 Å². The van der Waals surface area contributed by atoms with Crippen LogP contribution in [-0.2, 0) is 6.54 Å². The van der Waals surface area contributed by atoms with Crippen LogP contribution in [0.5, 0.6) is 0 Å². The predicted octanol–water partition coefficient (Wildman–Crippen LogP) is 3.41. The lowest BCUT2D eigenvalue weighted by molar-refractivity contribution is 0.151. The first-order chi connectivity index (χ1) is 9.35. The molecule has 1 heterocycles. The van der Waals surface area contributed by atoms with E-state index in [0.29, 0.717) is 6.04 Å². The monoisotopic (exact) mass is 264 g/mol. The van der Waals surface area contributed by atoms with Crippen LogP contribution in [-0.4, -0.2) is 30.1 Å². The summed E-state index contributed by atoms with van der Waals surface area (Å²) < 4.78 is 5.53. The zero-order valence-electron chi connectivity index (χ0n) is 12.4. The molecule has 1 aliphatic carbocycles. The van der Waals surface area contributed by atoms with E-state index in [2.05, 4.69) is 30.1 Å². The van der Waals surface area contributed by atoms with E-state index in [1.165, 1.54) is 32.1 Å². The van der Waals surface area contributed by atoms with E-state index in [4.69, 9.17) is 4.42 Å². The number of hydrogen-bond donors (Lipinski definition) is 1. The quantitative estimate of drug-likeness (QED) is 0.656. The molecule has 0 spiro atoms. The fraction of sp³-hybridized carbons (Fsp3) is 0.750. The molecule has 3 heteroatoms. The average molecular weight is 264 g/mol. The zero-order valence-corrected chi connectivity index (χ0v) is 12.4. The summed E-state index contributed by atoms with van der Waals surface area (Å²) in [5.74, 6) is 1.10. The van der Waals surface area contributed by atoms with Crippen molar-refractivity contribution >= 4 is 0 Å². The maximum absolute atomic E-state index is 5.53. The van der Waals surface area contributed by atoms with Crippen LogP contribution in [0.1, 0.15) is 51.7 Å². The minimum absolute atomic E-state index is 0.647. The Balaban J connectivity index is 1.92. The smallest absolute Gasteiger partial charge is 0.117 e. The molecular formula is C16H28N2O. The molecule has 1 aromatic heterocycles. The van der Waals surface area contributed by atoms with Gasteiger partial charge in [-0.05, 0) is 44.4 Å².